The fourth-order valence-corrected chi connectivity index (χ4v) is 14.1. The number of carbonyl (C=O) groups is 2. The van der Waals surface area contributed by atoms with E-state index < -0.39 is 100 Å². The Balaban J connectivity index is 1.16. The molecule has 4 aromatic carbocycles. The molecule has 9 rings (SSSR count). The third-order valence-electron chi connectivity index (χ3n) is 16.4. The predicted octanol–water partition coefficient (Wildman–Crippen LogP) is 9.82. The SMILES string of the molecule is CC(=O)O[C@@H]1[C@H](n2cc(C[C@H]3O[C@@H](n4ccc(=O)[nH]c4=O)[C@H](O[Si](C)(C)C(C)(C)C)[C@@H]3OP(OCCC#N)N(C(C)C)C(C)C)nn2)[C@@H](COC(c2ccccc2)(c2ccc(C)cc2)c2ccc(C)cc2)O[C@H]1n1ccc(NC(=O)c2ccccc2)nc1=O. The van der Waals surface area contributed by atoms with Crippen molar-refractivity contribution in [1.82, 2.24) is 38.8 Å². The molecule has 3 aromatic heterocycles. The quantitative estimate of drug-likeness (QED) is 0.0187. The number of hydrogen-bond acceptors (Lipinski definition) is 17. The highest BCUT2D eigenvalue weighted by Crippen LogP contribution is 2.52. The van der Waals surface area contributed by atoms with Crippen molar-refractivity contribution < 1.29 is 42.0 Å². The van der Waals surface area contributed by atoms with Crippen LogP contribution in [0.25, 0.3) is 0 Å². The molecule has 24 heteroatoms. The molecule has 1 amide bonds. The molecule has 7 aromatic rings. The Morgan fingerprint density at radius 2 is 1.37 bits per heavy atom. The number of aryl methyl sites for hydroxylation is 2. The second-order valence-corrected chi connectivity index (χ2v) is 30.6. The Hall–Kier alpha value is -7.62. The topological polar surface area (TPSA) is 258 Å². The van der Waals surface area contributed by atoms with Crippen LogP contribution in [0.2, 0.25) is 18.1 Å². The average Bonchev–Trinajstić information content (AvgIpc) is 1.82. The zero-order valence-corrected chi connectivity index (χ0v) is 54.2. The van der Waals surface area contributed by atoms with E-state index >= 15 is 0 Å². The van der Waals surface area contributed by atoms with Crippen LogP contribution in [0.3, 0.4) is 0 Å². The van der Waals surface area contributed by atoms with Crippen LogP contribution in [0.1, 0.15) is 124 Å². The first-order valence-electron chi connectivity index (χ1n) is 29.8. The predicted molar refractivity (Wildman–Crippen MR) is 337 cm³/mol. The molecule has 0 bridgehead atoms. The van der Waals surface area contributed by atoms with Crippen LogP contribution < -0.4 is 22.3 Å². The maximum absolute atomic E-state index is 14.4. The van der Waals surface area contributed by atoms with Gasteiger partial charge in [0.25, 0.3) is 20.0 Å². The van der Waals surface area contributed by atoms with Crippen molar-refractivity contribution in [2.75, 3.05) is 18.5 Å². The standard InChI is InChI=1S/C65H79N10O12PSi/c1-41(2)75(42(3)4)88(82-37-19-34-66)86-56-51(84-61(73-36-33-54(77)69-63(73)80)58(56)87-89(11,12)64(8,9)10)38-50-39-74(71-70-50)55-52(40-81-65(47-22-17-14-18-23-47,48-28-24-43(5)25-29-48)49-30-26-44(6)27-31-49)85-60(57(55)83-45(7)76)72-35-32-53(68-62(72)79)67-59(78)46-20-15-13-16-21-46/h13-18,20-33,35-36,39,41-42,51-52,55-58,60-61H,19,37-38,40H2,1-12H3,(H,69,77,80)(H,67,68,78,79)/t51-,52-,55-,56-,57-,58-,60-,61-,88?/m1/s1. The van der Waals surface area contributed by atoms with E-state index in [1.807, 2.05) is 120 Å². The Kier molecular flexibility index (Phi) is 20.7. The lowest BCUT2D eigenvalue weighted by Crippen LogP contribution is -2.50. The van der Waals surface area contributed by atoms with Gasteiger partial charge in [0.2, 0.25) is 0 Å². The van der Waals surface area contributed by atoms with Crippen molar-refractivity contribution >= 4 is 34.5 Å². The summed E-state index contributed by atoms with van der Waals surface area (Å²) in [5, 5.41) is 21.5. The van der Waals surface area contributed by atoms with E-state index in [1.54, 1.807) is 36.5 Å². The number of esters is 1. The van der Waals surface area contributed by atoms with Crippen LogP contribution in [0, 0.1) is 25.2 Å². The molecule has 1 unspecified atom stereocenters. The highest BCUT2D eigenvalue weighted by Gasteiger charge is 2.55. The van der Waals surface area contributed by atoms with Gasteiger partial charge in [-0.2, -0.15) is 10.2 Å². The monoisotopic (exact) mass is 1250 g/mol. The molecule has 22 nitrogen and oxygen atoms in total. The number of carbonyl (C=O) groups excluding carboxylic acids is 2. The summed E-state index contributed by atoms with van der Waals surface area (Å²) in [5.74, 6) is -1.19. The van der Waals surface area contributed by atoms with Gasteiger partial charge in [0, 0.05) is 55.6 Å². The number of rotatable bonds is 24. The smallest absolute Gasteiger partial charge is 0.351 e. The minimum atomic E-state index is -2.77. The fraction of sp³-hybridized carbons (Fsp3) is 0.431. The molecule has 2 aliphatic heterocycles. The molecule has 0 aliphatic carbocycles. The summed E-state index contributed by atoms with van der Waals surface area (Å²) >= 11 is 0. The third kappa shape index (κ3) is 14.8. The van der Waals surface area contributed by atoms with E-state index in [2.05, 4.69) is 59.9 Å². The number of hydrogen-bond donors (Lipinski definition) is 2. The number of aromatic nitrogens is 7. The number of aromatic amines is 1. The zero-order chi connectivity index (χ0) is 64.0. The second-order valence-electron chi connectivity index (χ2n) is 24.5. The number of nitrogens with zero attached hydrogens (tertiary/aromatic N) is 8. The summed E-state index contributed by atoms with van der Waals surface area (Å²) in [6.45, 7) is 23.7. The number of amides is 1. The third-order valence-corrected chi connectivity index (χ3v) is 23.0. The van der Waals surface area contributed by atoms with Crippen molar-refractivity contribution in [3.8, 4) is 6.07 Å². The first-order chi connectivity index (χ1) is 42.4. The molecular weight excluding hydrogens is 1170 g/mol. The highest BCUT2D eigenvalue weighted by atomic mass is 31.2. The summed E-state index contributed by atoms with van der Waals surface area (Å²) in [4.78, 5) is 74.3. The first kappa shape index (κ1) is 65.8. The van der Waals surface area contributed by atoms with E-state index in [0.29, 0.717) is 11.3 Å². The largest absolute Gasteiger partial charge is 0.455 e. The van der Waals surface area contributed by atoms with Gasteiger partial charge in [-0.25, -0.2) is 18.9 Å². The Morgan fingerprint density at radius 3 is 1.94 bits per heavy atom. The maximum Gasteiger partial charge on any atom is 0.351 e. The summed E-state index contributed by atoms with van der Waals surface area (Å²) < 4.78 is 54.9. The molecule has 2 fully saturated rings. The number of anilines is 1. The summed E-state index contributed by atoms with van der Waals surface area (Å²) in [6.07, 6.45) is -3.18. The van der Waals surface area contributed by atoms with Crippen LogP contribution in [0.4, 0.5) is 5.82 Å². The second kappa shape index (κ2) is 28.0. The lowest BCUT2D eigenvalue weighted by molar-refractivity contribution is -0.154. The Bertz CT molecular complexity index is 3720. The van der Waals surface area contributed by atoms with Gasteiger partial charge >= 0.3 is 17.3 Å². The molecule has 470 valence electrons. The van der Waals surface area contributed by atoms with Gasteiger partial charge in [-0.3, -0.25) is 28.5 Å². The number of nitrogens with one attached hydrogen (secondary N) is 2. The zero-order valence-electron chi connectivity index (χ0n) is 52.3. The van der Waals surface area contributed by atoms with Crippen molar-refractivity contribution in [2.45, 2.75) is 167 Å². The van der Waals surface area contributed by atoms with Crippen LogP contribution in [0.15, 0.2) is 154 Å². The van der Waals surface area contributed by atoms with E-state index in [-0.39, 0.29) is 49.0 Å². The number of ether oxygens (including phenoxy) is 4. The minimum Gasteiger partial charge on any atom is -0.455 e. The highest BCUT2D eigenvalue weighted by molar-refractivity contribution is 7.44. The molecule has 0 spiro atoms. The molecule has 0 radical (unpaired) electrons. The van der Waals surface area contributed by atoms with E-state index in [9.17, 15) is 29.2 Å². The average molecular weight is 1250 g/mol. The number of nitriles is 1. The number of benzene rings is 4. The van der Waals surface area contributed by atoms with Gasteiger partial charge in [-0.1, -0.05) is 134 Å². The van der Waals surface area contributed by atoms with Crippen molar-refractivity contribution in [3.63, 3.8) is 0 Å². The number of H-pyrrole nitrogens is 1. The van der Waals surface area contributed by atoms with E-state index in [1.165, 1.54) is 45.3 Å². The van der Waals surface area contributed by atoms with Crippen LogP contribution in [-0.4, -0.2) is 115 Å². The van der Waals surface area contributed by atoms with Crippen LogP contribution >= 0.6 is 8.53 Å². The van der Waals surface area contributed by atoms with Gasteiger partial charge in [0.1, 0.15) is 35.8 Å². The Labute approximate surface area is 520 Å². The minimum absolute atomic E-state index is 0.00469. The normalized spacial score (nSPS) is 20.9. The van der Waals surface area contributed by atoms with Crippen molar-refractivity contribution in [2.24, 2.45) is 0 Å². The molecule has 9 atom stereocenters. The first-order valence-corrected chi connectivity index (χ1v) is 33.9. The maximum atomic E-state index is 14.4. The summed E-state index contributed by atoms with van der Waals surface area (Å²) in [5.41, 5.74) is 1.82. The van der Waals surface area contributed by atoms with Crippen LogP contribution in [-0.2, 0) is 49.2 Å². The summed E-state index contributed by atoms with van der Waals surface area (Å²) in [6, 6.07) is 38.1. The molecule has 2 aliphatic rings. The lowest BCUT2D eigenvalue weighted by atomic mass is 9.79. The summed E-state index contributed by atoms with van der Waals surface area (Å²) in [7, 11) is -4.72. The van der Waals surface area contributed by atoms with Crippen LogP contribution in [0.5, 0.6) is 0 Å². The molecule has 89 heavy (non-hydrogen) atoms. The van der Waals surface area contributed by atoms with E-state index in [0.717, 1.165) is 27.8 Å². The van der Waals surface area contributed by atoms with E-state index in [4.69, 9.17) is 42.7 Å². The molecular formula is C65H79N10O12PSi. The van der Waals surface area contributed by atoms with Crippen molar-refractivity contribution in [1.29, 1.82) is 5.26 Å². The van der Waals surface area contributed by atoms with Gasteiger partial charge in [-0.05, 0) is 94.6 Å². The molecule has 2 N–H and O–H groups in total. The molecule has 5 heterocycles. The van der Waals surface area contributed by atoms with Gasteiger partial charge in [0.15, 0.2) is 26.9 Å². The van der Waals surface area contributed by atoms with Crippen molar-refractivity contribution in [3.05, 3.63) is 210 Å². The van der Waals surface area contributed by atoms with Gasteiger partial charge in [-0.15, -0.1) is 5.10 Å². The molecule has 0 saturated carbocycles. The lowest BCUT2D eigenvalue weighted by Gasteiger charge is -2.42. The Morgan fingerprint density at radius 1 is 0.787 bits per heavy atom. The fourth-order valence-electron chi connectivity index (χ4n) is 11.0. The molecule has 2 saturated heterocycles. The van der Waals surface area contributed by atoms with Gasteiger partial charge < -0.3 is 37.7 Å². The van der Waals surface area contributed by atoms with Gasteiger partial charge in [0.05, 0.1) is 37.5 Å².